The zero-order chi connectivity index (χ0) is 15.4. The molecule has 2 aromatic carbocycles. The molecule has 21 heavy (non-hydrogen) atoms. The molecule has 0 aliphatic carbocycles. The van der Waals surface area contributed by atoms with E-state index in [1.807, 2.05) is 12.1 Å². The molecule has 0 aliphatic rings. The van der Waals surface area contributed by atoms with Gasteiger partial charge in [0.25, 0.3) is 0 Å². The zero-order valence-electron chi connectivity index (χ0n) is 11.6. The lowest BCUT2D eigenvalue weighted by Gasteiger charge is -2.09. The van der Waals surface area contributed by atoms with Crippen LogP contribution in [0.25, 0.3) is 11.1 Å². The lowest BCUT2D eigenvalue weighted by Crippen LogP contribution is -2.08. The summed E-state index contributed by atoms with van der Waals surface area (Å²) >= 11 is 5.87. The summed E-state index contributed by atoms with van der Waals surface area (Å²) in [6.07, 6.45) is 0. The van der Waals surface area contributed by atoms with Gasteiger partial charge in [0.1, 0.15) is 0 Å². The molecule has 0 heterocycles. The molecule has 1 N–H and O–H groups in total. The first-order chi connectivity index (χ1) is 9.99. The van der Waals surface area contributed by atoms with E-state index >= 15 is 0 Å². The summed E-state index contributed by atoms with van der Waals surface area (Å²) in [6, 6.07) is 12.3. The molecule has 5 heteroatoms. The van der Waals surface area contributed by atoms with Crippen molar-refractivity contribution in [2.45, 2.75) is 6.92 Å². The van der Waals surface area contributed by atoms with Gasteiger partial charge in [-0.3, -0.25) is 4.79 Å². The van der Waals surface area contributed by atoms with E-state index < -0.39 is 5.97 Å². The van der Waals surface area contributed by atoms with Gasteiger partial charge in [-0.15, -0.1) is 0 Å². The van der Waals surface area contributed by atoms with Crippen LogP contribution in [0, 0.1) is 0 Å². The summed E-state index contributed by atoms with van der Waals surface area (Å²) < 4.78 is 4.73. The van der Waals surface area contributed by atoms with Crippen molar-refractivity contribution in [2.75, 3.05) is 12.4 Å². The molecule has 0 saturated heterocycles. The summed E-state index contributed by atoms with van der Waals surface area (Å²) in [7, 11) is 1.31. The summed E-state index contributed by atoms with van der Waals surface area (Å²) in [4.78, 5) is 22.9. The van der Waals surface area contributed by atoms with Crippen LogP contribution in [0.15, 0.2) is 42.5 Å². The quantitative estimate of drug-likeness (QED) is 0.879. The third-order valence-corrected chi connectivity index (χ3v) is 3.10. The Morgan fingerprint density at radius 2 is 1.71 bits per heavy atom. The Morgan fingerprint density at radius 3 is 2.29 bits per heavy atom. The summed E-state index contributed by atoms with van der Waals surface area (Å²) in [6.45, 7) is 1.41. The molecule has 2 aromatic rings. The van der Waals surface area contributed by atoms with Crippen LogP contribution in [0.5, 0.6) is 0 Å². The van der Waals surface area contributed by atoms with Crippen molar-refractivity contribution in [3.8, 4) is 11.1 Å². The second-order valence-corrected chi connectivity index (χ2v) is 4.92. The molecule has 108 valence electrons. The first-order valence-electron chi connectivity index (χ1n) is 6.26. The van der Waals surface area contributed by atoms with Crippen molar-refractivity contribution < 1.29 is 14.3 Å². The van der Waals surface area contributed by atoms with Crippen molar-refractivity contribution in [1.29, 1.82) is 0 Å². The first-order valence-corrected chi connectivity index (χ1v) is 6.64. The number of benzene rings is 2. The van der Waals surface area contributed by atoms with Crippen LogP contribution >= 0.6 is 11.6 Å². The fourth-order valence-electron chi connectivity index (χ4n) is 1.95. The van der Waals surface area contributed by atoms with E-state index in [4.69, 9.17) is 16.3 Å². The van der Waals surface area contributed by atoms with Gasteiger partial charge in [0.15, 0.2) is 0 Å². The number of halogens is 1. The second kappa shape index (κ2) is 6.41. The zero-order valence-corrected chi connectivity index (χ0v) is 12.4. The molecule has 0 saturated carbocycles. The number of carbonyl (C=O) groups excluding carboxylic acids is 2. The van der Waals surface area contributed by atoms with E-state index in [0.29, 0.717) is 16.3 Å². The van der Waals surface area contributed by atoms with Crippen molar-refractivity contribution in [1.82, 2.24) is 0 Å². The highest BCUT2D eigenvalue weighted by atomic mass is 35.5. The van der Waals surface area contributed by atoms with Crippen LogP contribution in [0.4, 0.5) is 5.69 Å². The third kappa shape index (κ3) is 3.83. The Bertz CT molecular complexity index is 680. The topological polar surface area (TPSA) is 55.4 Å². The molecule has 2 rings (SSSR count). The second-order valence-electron chi connectivity index (χ2n) is 4.48. The molecule has 0 aromatic heterocycles. The molecular formula is C16H14ClNO3. The predicted octanol–water partition coefficient (Wildman–Crippen LogP) is 3.75. The highest BCUT2D eigenvalue weighted by molar-refractivity contribution is 6.30. The third-order valence-electron chi connectivity index (χ3n) is 2.85. The molecule has 0 radical (unpaired) electrons. The minimum absolute atomic E-state index is 0.209. The maximum absolute atomic E-state index is 11.7. The number of hydrogen-bond donors (Lipinski definition) is 1. The van der Waals surface area contributed by atoms with Crippen LogP contribution in [0.3, 0.4) is 0 Å². The lowest BCUT2D eigenvalue weighted by atomic mass is 10.0. The van der Waals surface area contributed by atoms with Gasteiger partial charge < -0.3 is 10.1 Å². The van der Waals surface area contributed by atoms with E-state index in [9.17, 15) is 9.59 Å². The highest BCUT2D eigenvalue weighted by Gasteiger charge is 2.10. The number of rotatable bonds is 3. The Hall–Kier alpha value is -2.33. The van der Waals surface area contributed by atoms with E-state index in [1.54, 1.807) is 30.3 Å². The average molecular weight is 304 g/mol. The molecular weight excluding hydrogens is 290 g/mol. The Labute approximate surface area is 127 Å². The lowest BCUT2D eigenvalue weighted by molar-refractivity contribution is -0.114. The van der Waals surface area contributed by atoms with Crippen LogP contribution < -0.4 is 5.32 Å². The van der Waals surface area contributed by atoms with E-state index in [1.165, 1.54) is 14.0 Å². The summed E-state index contributed by atoms with van der Waals surface area (Å²) in [5, 5.41) is 3.30. The van der Waals surface area contributed by atoms with Crippen LogP contribution in [0.2, 0.25) is 5.02 Å². The van der Waals surface area contributed by atoms with Gasteiger partial charge in [-0.2, -0.15) is 0 Å². The number of esters is 1. The van der Waals surface area contributed by atoms with E-state index in [0.717, 1.165) is 11.1 Å². The predicted molar refractivity (Wildman–Crippen MR) is 82.5 cm³/mol. The van der Waals surface area contributed by atoms with Crippen molar-refractivity contribution in [3.05, 3.63) is 53.1 Å². The molecule has 0 spiro atoms. The maximum atomic E-state index is 11.7. The van der Waals surface area contributed by atoms with Gasteiger partial charge >= 0.3 is 5.97 Å². The molecule has 4 nitrogen and oxygen atoms in total. The molecule has 0 atom stereocenters. The number of carbonyl (C=O) groups is 2. The monoisotopic (exact) mass is 303 g/mol. The van der Waals surface area contributed by atoms with Crippen molar-refractivity contribution in [3.63, 3.8) is 0 Å². The van der Waals surface area contributed by atoms with Crippen LogP contribution in [-0.2, 0) is 9.53 Å². The fourth-order valence-corrected chi connectivity index (χ4v) is 2.07. The molecule has 0 bridgehead atoms. The fraction of sp³-hybridized carbons (Fsp3) is 0.125. The number of methoxy groups -OCH3 is 1. The van der Waals surface area contributed by atoms with Crippen molar-refractivity contribution in [2.24, 2.45) is 0 Å². The largest absolute Gasteiger partial charge is 0.465 e. The van der Waals surface area contributed by atoms with Gasteiger partial charge in [0, 0.05) is 17.6 Å². The van der Waals surface area contributed by atoms with Gasteiger partial charge in [0.05, 0.1) is 12.7 Å². The van der Waals surface area contributed by atoms with E-state index in [2.05, 4.69) is 5.32 Å². The average Bonchev–Trinajstić information content (AvgIpc) is 2.46. The van der Waals surface area contributed by atoms with Crippen LogP contribution in [-0.4, -0.2) is 19.0 Å². The van der Waals surface area contributed by atoms with Crippen molar-refractivity contribution >= 4 is 29.2 Å². The smallest absolute Gasteiger partial charge is 0.337 e. The summed E-state index contributed by atoms with van der Waals surface area (Å²) in [5.41, 5.74) is 2.58. The van der Waals surface area contributed by atoms with Crippen LogP contribution in [0.1, 0.15) is 17.3 Å². The van der Waals surface area contributed by atoms with Gasteiger partial charge in [-0.25, -0.2) is 4.79 Å². The standard InChI is InChI=1S/C16H14ClNO3/c1-10(19)18-15-8-12(7-13(9-15)16(20)21-2)11-3-5-14(17)6-4-11/h3-9H,1-2H3,(H,18,19). The molecule has 0 aliphatic heterocycles. The number of anilines is 1. The van der Waals surface area contributed by atoms with Gasteiger partial charge in [-0.1, -0.05) is 23.7 Å². The Morgan fingerprint density at radius 1 is 1.05 bits per heavy atom. The molecule has 0 fully saturated rings. The summed E-state index contributed by atoms with van der Waals surface area (Å²) in [5.74, 6) is -0.670. The minimum atomic E-state index is -0.461. The molecule has 1 amide bonds. The maximum Gasteiger partial charge on any atom is 0.337 e. The first kappa shape index (κ1) is 15.1. The van der Waals surface area contributed by atoms with Gasteiger partial charge in [0.2, 0.25) is 5.91 Å². The number of nitrogens with one attached hydrogen (secondary N) is 1. The minimum Gasteiger partial charge on any atom is -0.465 e. The normalized spacial score (nSPS) is 10.0. The molecule has 0 unspecified atom stereocenters. The van der Waals surface area contributed by atoms with Gasteiger partial charge in [-0.05, 0) is 41.5 Å². The number of hydrogen-bond acceptors (Lipinski definition) is 3. The highest BCUT2D eigenvalue weighted by Crippen LogP contribution is 2.26. The van der Waals surface area contributed by atoms with E-state index in [-0.39, 0.29) is 5.91 Å². The SMILES string of the molecule is COC(=O)c1cc(NC(C)=O)cc(-c2ccc(Cl)cc2)c1. The number of ether oxygens (including phenoxy) is 1. The Balaban J connectivity index is 2.50. The number of amides is 1. The Kier molecular flexibility index (Phi) is 4.60.